The highest BCUT2D eigenvalue weighted by molar-refractivity contribution is 7.11. The molecule has 3 aromatic rings. The molecule has 0 aliphatic carbocycles. The van der Waals surface area contributed by atoms with Gasteiger partial charge in [-0.1, -0.05) is 36.4 Å². The van der Waals surface area contributed by atoms with Crippen molar-refractivity contribution in [1.29, 1.82) is 5.26 Å². The Bertz CT molecular complexity index is 918. The van der Waals surface area contributed by atoms with Gasteiger partial charge in [0.1, 0.15) is 22.6 Å². The minimum Gasteiger partial charge on any atom is -0.496 e. The van der Waals surface area contributed by atoms with Crippen molar-refractivity contribution in [1.82, 2.24) is 4.98 Å². The smallest absolute Gasteiger partial charge is 0.134 e. The second-order valence-corrected chi connectivity index (χ2v) is 6.01. The number of nitriles is 1. The lowest BCUT2D eigenvalue weighted by molar-refractivity contribution is 0.392. The molecular formula is C20H16N2O2S. The molecule has 0 bridgehead atoms. The van der Waals surface area contributed by atoms with Crippen molar-refractivity contribution < 1.29 is 9.47 Å². The number of ether oxygens (including phenoxy) is 2. The average molecular weight is 348 g/mol. The van der Waals surface area contributed by atoms with Crippen molar-refractivity contribution in [3.63, 3.8) is 0 Å². The number of nitrogens with zero attached hydrogens (tertiary/aromatic N) is 2. The van der Waals surface area contributed by atoms with Gasteiger partial charge in [-0.05, 0) is 18.2 Å². The van der Waals surface area contributed by atoms with Crippen LogP contribution < -0.4 is 9.47 Å². The fourth-order valence-corrected chi connectivity index (χ4v) is 3.24. The molecule has 25 heavy (non-hydrogen) atoms. The first-order chi connectivity index (χ1) is 12.3. The van der Waals surface area contributed by atoms with E-state index in [1.54, 1.807) is 20.3 Å². The van der Waals surface area contributed by atoms with Gasteiger partial charge in [0.05, 0.1) is 31.1 Å². The largest absolute Gasteiger partial charge is 0.496 e. The molecule has 124 valence electrons. The predicted molar refractivity (Wildman–Crippen MR) is 101 cm³/mol. The minimum absolute atomic E-state index is 0.468. The topological polar surface area (TPSA) is 55.1 Å². The highest BCUT2D eigenvalue weighted by Gasteiger charge is 2.13. The lowest BCUT2D eigenvalue weighted by Crippen LogP contribution is -1.93. The summed E-state index contributed by atoms with van der Waals surface area (Å²) < 4.78 is 10.8. The Balaban J connectivity index is 2.04. The van der Waals surface area contributed by atoms with E-state index in [4.69, 9.17) is 9.47 Å². The van der Waals surface area contributed by atoms with Crippen LogP contribution >= 0.6 is 11.3 Å². The van der Waals surface area contributed by atoms with E-state index in [2.05, 4.69) is 11.1 Å². The molecule has 1 heterocycles. The number of rotatable bonds is 5. The van der Waals surface area contributed by atoms with Gasteiger partial charge < -0.3 is 9.47 Å². The second-order valence-electron chi connectivity index (χ2n) is 5.15. The summed E-state index contributed by atoms with van der Waals surface area (Å²) in [5, 5.41) is 12.2. The third-order valence-electron chi connectivity index (χ3n) is 3.68. The summed E-state index contributed by atoms with van der Waals surface area (Å²) in [6, 6.07) is 17.6. The molecular weight excluding hydrogens is 332 g/mol. The molecule has 0 saturated carbocycles. The monoisotopic (exact) mass is 348 g/mol. The van der Waals surface area contributed by atoms with Gasteiger partial charge >= 0.3 is 0 Å². The van der Waals surface area contributed by atoms with Crippen molar-refractivity contribution in [2.24, 2.45) is 0 Å². The van der Waals surface area contributed by atoms with E-state index in [0.29, 0.717) is 22.1 Å². The second kappa shape index (κ2) is 7.65. The molecule has 0 spiro atoms. The van der Waals surface area contributed by atoms with E-state index in [9.17, 15) is 5.26 Å². The molecule has 0 unspecified atom stereocenters. The quantitative estimate of drug-likeness (QED) is 0.616. The van der Waals surface area contributed by atoms with E-state index in [1.165, 1.54) is 11.3 Å². The van der Waals surface area contributed by atoms with Gasteiger partial charge in [0.15, 0.2) is 0 Å². The molecule has 0 aliphatic heterocycles. The Morgan fingerprint density at radius 1 is 1.04 bits per heavy atom. The Hall–Kier alpha value is -3.10. The minimum atomic E-state index is 0.468. The third-order valence-corrected chi connectivity index (χ3v) is 4.55. The molecule has 0 fully saturated rings. The van der Waals surface area contributed by atoms with Crippen LogP contribution in [0.4, 0.5) is 0 Å². The van der Waals surface area contributed by atoms with Crippen molar-refractivity contribution in [2.75, 3.05) is 14.2 Å². The van der Waals surface area contributed by atoms with Crippen LogP contribution in [0.2, 0.25) is 0 Å². The molecule has 4 nitrogen and oxygen atoms in total. The number of benzene rings is 2. The Morgan fingerprint density at radius 3 is 2.32 bits per heavy atom. The number of hydrogen-bond donors (Lipinski definition) is 0. The van der Waals surface area contributed by atoms with E-state index in [1.807, 2.05) is 53.9 Å². The number of allylic oxidation sites excluding steroid dienone is 1. The van der Waals surface area contributed by atoms with Crippen LogP contribution in [-0.2, 0) is 0 Å². The zero-order valence-electron chi connectivity index (χ0n) is 13.9. The standard InChI is InChI=1S/C20H16N2O2S/c1-23-18-9-6-10-19(24-2)16(18)11-15(12-21)20-22-17(13-25-20)14-7-4-3-5-8-14/h3-11,13H,1-2H3. The van der Waals surface area contributed by atoms with E-state index < -0.39 is 0 Å². The molecule has 0 aliphatic rings. The predicted octanol–water partition coefficient (Wildman–Crippen LogP) is 4.89. The lowest BCUT2D eigenvalue weighted by Gasteiger charge is -2.09. The van der Waals surface area contributed by atoms with Gasteiger partial charge in [-0.2, -0.15) is 5.26 Å². The summed E-state index contributed by atoms with van der Waals surface area (Å²) in [7, 11) is 3.18. The Labute approximate surface area is 150 Å². The summed E-state index contributed by atoms with van der Waals surface area (Å²) in [4.78, 5) is 4.60. The van der Waals surface area contributed by atoms with Gasteiger partial charge in [0, 0.05) is 10.9 Å². The van der Waals surface area contributed by atoms with Crippen molar-refractivity contribution >= 4 is 23.0 Å². The zero-order chi connectivity index (χ0) is 17.6. The molecule has 1 aromatic heterocycles. The first-order valence-corrected chi connectivity index (χ1v) is 8.49. The Kier molecular flexibility index (Phi) is 5.12. The van der Waals surface area contributed by atoms with Crippen LogP contribution in [0.5, 0.6) is 11.5 Å². The number of aromatic nitrogens is 1. The van der Waals surface area contributed by atoms with Crippen molar-refractivity contribution in [3.8, 4) is 28.8 Å². The molecule has 5 heteroatoms. The SMILES string of the molecule is COc1cccc(OC)c1C=C(C#N)c1nc(-c2ccccc2)cs1. The number of thiazole rings is 1. The van der Waals surface area contributed by atoms with Gasteiger partial charge in [0.25, 0.3) is 0 Å². The van der Waals surface area contributed by atoms with E-state index >= 15 is 0 Å². The highest BCUT2D eigenvalue weighted by Crippen LogP contribution is 2.33. The van der Waals surface area contributed by atoms with Crippen LogP contribution in [0.3, 0.4) is 0 Å². The van der Waals surface area contributed by atoms with Crippen LogP contribution in [-0.4, -0.2) is 19.2 Å². The first-order valence-electron chi connectivity index (χ1n) is 7.61. The van der Waals surface area contributed by atoms with Crippen LogP contribution in [0.1, 0.15) is 10.6 Å². The highest BCUT2D eigenvalue weighted by atomic mass is 32.1. The first kappa shape index (κ1) is 16.7. The maximum atomic E-state index is 9.61. The van der Waals surface area contributed by atoms with Crippen LogP contribution in [0.15, 0.2) is 53.9 Å². The van der Waals surface area contributed by atoms with Gasteiger partial charge in [0.2, 0.25) is 0 Å². The maximum absolute atomic E-state index is 9.61. The average Bonchev–Trinajstić information content (AvgIpc) is 3.16. The molecule has 0 atom stereocenters. The number of hydrogen-bond acceptors (Lipinski definition) is 5. The summed E-state index contributed by atoms with van der Waals surface area (Å²) in [6.45, 7) is 0. The Morgan fingerprint density at radius 2 is 1.72 bits per heavy atom. The fourth-order valence-electron chi connectivity index (χ4n) is 2.45. The zero-order valence-corrected chi connectivity index (χ0v) is 14.7. The maximum Gasteiger partial charge on any atom is 0.134 e. The lowest BCUT2D eigenvalue weighted by atomic mass is 10.1. The normalized spacial score (nSPS) is 11.0. The van der Waals surface area contributed by atoms with Crippen molar-refractivity contribution in [2.45, 2.75) is 0 Å². The van der Waals surface area contributed by atoms with E-state index in [-0.39, 0.29) is 0 Å². The third kappa shape index (κ3) is 3.54. The van der Waals surface area contributed by atoms with Gasteiger partial charge in [-0.3, -0.25) is 0 Å². The summed E-state index contributed by atoms with van der Waals surface area (Å²) in [6.07, 6.45) is 1.76. The molecule has 0 saturated heterocycles. The summed E-state index contributed by atoms with van der Waals surface area (Å²) >= 11 is 1.44. The van der Waals surface area contributed by atoms with Gasteiger partial charge in [-0.25, -0.2) is 4.98 Å². The molecule has 0 N–H and O–H groups in total. The van der Waals surface area contributed by atoms with Crippen LogP contribution in [0.25, 0.3) is 22.9 Å². The molecule has 0 radical (unpaired) electrons. The van der Waals surface area contributed by atoms with Crippen molar-refractivity contribution in [3.05, 3.63) is 64.5 Å². The molecule has 2 aromatic carbocycles. The van der Waals surface area contributed by atoms with Crippen LogP contribution in [0, 0.1) is 11.3 Å². The summed E-state index contributed by atoms with van der Waals surface area (Å²) in [5.74, 6) is 1.29. The van der Waals surface area contributed by atoms with E-state index in [0.717, 1.165) is 16.8 Å². The fraction of sp³-hybridized carbons (Fsp3) is 0.100. The molecule has 3 rings (SSSR count). The molecule has 0 amide bonds. The summed E-state index contributed by atoms with van der Waals surface area (Å²) in [5.41, 5.74) is 3.07. The van der Waals surface area contributed by atoms with Gasteiger partial charge in [-0.15, -0.1) is 11.3 Å². The number of methoxy groups -OCH3 is 2.